The highest BCUT2D eigenvalue weighted by Crippen LogP contribution is 2.12. The topological polar surface area (TPSA) is 91.5 Å². The number of hydrogen-bond acceptors (Lipinski definition) is 4. The third-order valence-corrected chi connectivity index (χ3v) is 3.48. The molecule has 2 aromatic rings. The number of rotatable bonds is 5. The van der Waals surface area contributed by atoms with Crippen LogP contribution in [0.4, 0.5) is 10.5 Å². The lowest BCUT2D eigenvalue weighted by atomic mass is 10.2. The van der Waals surface area contributed by atoms with Gasteiger partial charge in [0.25, 0.3) is 5.91 Å². The molecule has 0 fully saturated rings. The second-order valence-electron chi connectivity index (χ2n) is 5.23. The van der Waals surface area contributed by atoms with E-state index in [1.54, 1.807) is 36.4 Å². The van der Waals surface area contributed by atoms with Crippen LogP contribution in [0.15, 0.2) is 54.6 Å². The molecule has 0 bridgehead atoms. The minimum Gasteiger partial charge on any atom is -0.484 e. The van der Waals surface area contributed by atoms with Crippen LogP contribution in [-0.2, 0) is 11.2 Å². The average molecular weight is 372 g/mol. The summed E-state index contributed by atoms with van der Waals surface area (Å²) in [5, 5.41) is 4.96. The fraction of sp³-hybridized carbons (Fsp3) is 0.167. The number of anilines is 1. The Morgan fingerprint density at radius 1 is 1.00 bits per heavy atom. The molecule has 2 rings (SSSR count). The largest absolute Gasteiger partial charge is 0.484 e. The number of carbonyl (C=O) groups is 2. The number of benzene rings is 2. The van der Waals surface area contributed by atoms with Crippen molar-refractivity contribution in [1.82, 2.24) is 16.2 Å². The summed E-state index contributed by atoms with van der Waals surface area (Å²) in [5.41, 5.74) is 6.57. The molecule has 0 saturated carbocycles. The SMILES string of the molecule is CCc1ccc(OCC(=O)NC(=S)NNC(=O)Nc2ccccc2)cc1. The van der Waals surface area contributed by atoms with Crippen molar-refractivity contribution in [2.24, 2.45) is 0 Å². The maximum atomic E-state index is 11.8. The molecule has 0 heterocycles. The fourth-order valence-electron chi connectivity index (χ4n) is 1.96. The molecular weight excluding hydrogens is 352 g/mol. The summed E-state index contributed by atoms with van der Waals surface area (Å²) >= 11 is 4.94. The van der Waals surface area contributed by atoms with Gasteiger partial charge in [-0.25, -0.2) is 10.2 Å². The summed E-state index contributed by atoms with van der Waals surface area (Å²) in [6.45, 7) is 1.87. The second-order valence-corrected chi connectivity index (χ2v) is 5.64. The highest BCUT2D eigenvalue weighted by Gasteiger charge is 2.07. The predicted octanol–water partition coefficient (Wildman–Crippen LogP) is 2.36. The van der Waals surface area contributed by atoms with E-state index in [-0.39, 0.29) is 11.7 Å². The van der Waals surface area contributed by atoms with E-state index in [1.165, 1.54) is 5.56 Å². The van der Waals surface area contributed by atoms with Gasteiger partial charge in [-0.15, -0.1) is 0 Å². The number of ether oxygens (including phenoxy) is 1. The van der Waals surface area contributed by atoms with Crippen LogP contribution in [0.3, 0.4) is 0 Å². The Kier molecular flexibility index (Phi) is 7.38. The molecule has 0 saturated heterocycles. The van der Waals surface area contributed by atoms with Crippen molar-refractivity contribution in [3.63, 3.8) is 0 Å². The van der Waals surface area contributed by atoms with Crippen molar-refractivity contribution < 1.29 is 14.3 Å². The van der Waals surface area contributed by atoms with Gasteiger partial charge in [0.1, 0.15) is 5.75 Å². The standard InChI is InChI=1S/C18H20N4O3S/c1-2-13-8-10-15(11-9-13)25-12-16(23)20-18(26)22-21-17(24)19-14-6-4-3-5-7-14/h3-11H,2,12H2,1H3,(H2,19,21,24)(H2,20,22,23,26). The first-order valence-electron chi connectivity index (χ1n) is 8.00. The lowest BCUT2D eigenvalue weighted by molar-refractivity contribution is -0.121. The Bertz CT molecular complexity index is 751. The Morgan fingerprint density at radius 3 is 2.35 bits per heavy atom. The lowest BCUT2D eigenvalue weighted by Crippen LogP contribution is -2.50. The van der Waals surface area contributed by atoms with Crippen LogP contribution < -0.4 is 26.2 Å². The first-order valence-corrected chi connectivity index (χ1v) is 8.41. The molecule has 0 aromatic heterocycles. The van der Waals surface area contributed by atoms with Crippen molar-refractivity contribution in [2.75, 3.05) is 11.9 Å². The Hall–Kier alpha value is -3.13. The molecule has 0 radical (unpaired) electrons. The molecular formula is C18H20N4O3S. The molecule has 26 heavy (non-hydrogen) atoms. The zero-order valence-electron chi connectivity index (χ0n) is 14.2. The number of amides is 3. The van der Waals surface area contributed by atoms with Gasteiger partial charge in [0.2, 0.25) is 0 Å². The summed E-state index contributed by atoms with van der Waals surface area (Å²) in [6, 6.07) is 15.9. The van der Waals surface area contributed by atoms with Crippen molar-refractivity contribution in [3.8, 4) is 5.75 Å². The molecule has 4 N–H and O–H groups in total. The average Bonchev–Trinajstić information content (AvgIpc) is 2.66. The fourth-order valence-corrected chi connectivity index (χ4v) is 2.13. The molecule has 8 heteroatoms. The minimum absolute atomic E-state index is 0.0388. The summed E-state index contributed by atoms with van der Waals surface area (Å²) in [4.78, 5) is 23.5. The zero-order chi connectivity index (χ0) is 18.8. The maximum absolute atomic E-state index is 11.8. The first-order chi connectivity index (χ1) is 12.6. The summed E-state index contributed by atoms with van der Waals surface area (Å²) < 4.78 is 5.37. The molecule has 2 aromatic carbocycles. The van der Waals surface area contributed by atoms with E-state index in [0.29, 0.717) is 11.4 Å². The minimum atomic E-state index is -0.514. The van der Waals surface area contributed by atoms with Gasteiger partial charge in [-0.05, 0) is 48.5 Å². The Balaban J connectivity index is 1.66. The molecule has 136 valence electrons. The Labute approximate surface area is 157 Å². The monoisotopic (exact) mass is 372 g/mol. The highest BCUT2D eigenvalue weighted by atomic mass is 32.1. The van der Waals surface area contributed by atoms with Gasteiger partial charge in [0.05, 0.1) is 0 Å². The number of hydrogen-bond donors (Lipinski definition) is 4. The summed E-state index contributed by atoms with van der Waals surface area (Å²) in [5.74, 6) is 0.156. The van der Waals surface area contributed by atoms with Crippen molar-refractivity contribution in [2.45, 2.75) is 13.3 Å². The van der Waals surface area contributed by atoms with Crippen LogP contribution in [0.25, 0.3) is 0 Å². The van der Waals surface area contributed by atoms with E-state index < -0.39 is 11.9 Å². The predicted molar refractivity (Wildman–Crippen MR) is 104 cm³/mol. The number of nitrogens with one attached hydrogen (secondary N) is 4. The third kappa shape index (κ3) is 6.78. The normalized spacial score (nSPS) is 9.73. The molecule has 0 aliphatic carbocycles. The number of urea groups is 1. The summed E-state index contributed by atoms with van der Waals surface area (Å²) in [6.07, 6.45) is 0.936. The van der Waals surface area contributed by atoms with Gasteiger partial charge in [0, 0.05) is 5.69 Å². The van der Waals surface area contributed by atoms with E-state index in [2.05, 4.69) is 28.4 Å². The van der Waals surface area contributed by atoms with E-state index in [1.807, 2.05) is 18.2 Å². The number of thiocarbonyl (C=S) groups is 1. The van der Waals surface area contributed by atoms with Crippen molar-refractivity contribution >= 4 is 35.0 Å². The Morgan fingerprint density at radius 2 is 1.69 bits per heavy atom. The van der Waals surface area contributed by atoms with E-state index >= 15 is 0 Å². The molecule has 0 atom stereocenters. The highest BCUT2D eigenvalue weighted by molar-refractivity contribution is 7.80. The van der Waals surface area contributed by atoms with Crippen LogP contribution in [0.5, 0.6) is 5.75 Å². The van der Waals surface area contributed by atoms with Gasteiger partial charge >= 0.3 is 6.03 Å². The smallest absolute Gasteiger partial charge is 0.337 e. The van der Waals surface area contributed by atoms with Gasteiger partial charge in [-0.1, -0.05) is 37.3 Å². The number of para-hydroxylation sites is 1. The van der Waals surface area contributed by atoms with E-state index in [0.717, 1.165) is 6.42 Å². The van der Waals surface area contributed by atoms with Gasteiger partial charge in [0.15, 0.2) is 11.7 Å². The van der Waals surface area contributed by atoms with Crippen molar-refractivity contribution in [1.29, 1.82) is 0 Å². The molecule has 7 nitrogen and oxygen atoms in total. The molecule has 0 unspecified atom stereocenters. The third-order valence-electron chi connectivity index (χ3n) is 3.28. The first kappa shape index (κ1) is 19.2. The van der Waals surface area contributed by atoms with Crippen LogP contribution in [0.1, 0.15) is 12.5 Å². The van der Waals surface area contributed by atoms with Gasteiger partial charge < -0.3 is 10.1 Å². The van der Waals surface area contributed by atoms with Crippen LogP contribution >= 0.6 is 12.2 Å². The molecule has 0 aliphatic rings. The summed E-state index contributed by atoms with van der Waals surface area (Å²) in [7, 11) is 0. The van der Waals surface area contributed by atoms with Crippen LogP contribution in [-0.4, -0.2) is 23.7 Å². The number of aryl methyl sites for hydroxylation is 1. The van der Waals surface area contributed by atoms with Gasteiger partial charge in [-0.2, -0.15) is 0 Å². The van der Waals surface area contributed by atoms with Gasteiger partial charge in [-0.3, -0.25) is 15.5 Å². The van der Waals surface area contributed by atoms with Crippen molar-refractivity contribution in [3.05, 3.63) is 60.2 Å². The van der Waals surface area contributed by atoms with Crippen LogP contribution in [0, 0.1) is 0 Å². The quantitative estimate of drug-likeness (QED) is 0.478. The maximum Gasteiger partial charge on any atom is 0.337 e. The number of carbonyl (C=O) groups excluding carboxylic acids is 2. The van der Waals surface area contributed by atoms with Crippen LogP contribution in [0.2, 0.25) is 0 Å². The molecule has 0 aliphatic heterocycles. The van der Waals surface area contributed by atoms with E-state index in [4.69, 9.17) is 17.0 Å². The second kappa shape index (κ2) is 10.00. The lowest BCUT2D eigenvalue weighted by Gasteiger charge is -2.12. The van der Waals surface area contributed by atoms with E-state index in [9.17, 15) is 9.59 Å². The zero-order valence-corrected chi connectivity index (χ0v) is 15.1. The number of hydrazine groups is 1. The molecule has 3 amide bonds. The molecule has 0 spiro atoms.